The van der Waals surface area contributed by atoms with E-state index in [9.17, 15) is 18.0 Å². The zero-order chi connectivity index (χ0) is 20.8. The van der Waals surface area contributed by atoms with E-state index in [0.29, 0.717) is 4.31 Å². The molecule has 2 aromatic rings. The van der Waals surface area contributed by atoms with Gasteiger partial charge in [0.05, 0.1) is 10.0 Å². The zero-order valence-corrected chi connectivity index (χ0v) is 17.5. The van der Waals surface area contributed by atoms with Crippen LogP contribution < -0.4 is 5.32 Å². The summed E-state index contributed by atoms with van der Waals surface area (Å²) < 4.78 is 37.1. The first kappa shape index (κ1) is 20.9. The number of nitrogens with zero attached hydrogens (tertiary/aromatic N) is 2. The maximum atomic E-state index is 12.8. The standard InChI is InChI=1S/C15H13Cl2N3O6S2/c1-6-9(11(19-26-6)10-7(16)4-3-5-8(10)17)13(21)18-12-14(22)20(15(12)27-2)28(23,24)25/h3-5,12,15H,1-2H3,(H,18,21)(H,23,24,25)/t12-,15-/m1/s1. The van der Waals surface area contributed by atoms with E-state index in [4.69, 9.17) is 32.3 Å². The molecule has 1 fully saturated rings. The smallest absolute Gasteiger partial charge is 0.360 e. The SMILES string of the molecule is CS[C@@H]1[C@H](NC(=O)c2c(-c3c(Cl)cccc3Cl)noc2C)C(=O)N1S(=O)(=O)O. The Morgan fingerprint density at radius 3 is 2.50 bits per heavy atom. The van der Waals surface area contributed by atoms with Gasteiger partial charge in [-0.05, 0) is 25.3 Å². The summed E-state index contributed by atoms with van der Waals surface area (Å²) in [6.45, 7) is 1.50. The van der Waals surface area contributed by atoms with Gasteiger partial charge >= 0.3 is 10.3 Å². The summed E-state index contributed by atoms with van der Waals surface area (Å²) in [5.41, 5.74) is 0.381. The summed E-state index contributed by atoms with van der Waals surface area (Å²) in [4.78, 5) is 24.9. The first-order chi connectivity index (χ1) is 13.1. The molecule has 1 aromatic heterocycles. The van der Waals surface area contributed by atoms with Crippen LogP contribution in [-0.4, -0.2) is 51.9 Å². The van der Waals surface area contributed by atoms with Crippen molar-refractivity contribution in [3.05, 3.63) is 39.6 Å². The topological polar surface area (TPSA) is 130 Å². The van der Waals surface area contributed by atoms with Gasteiger partial charge in [0.25, 0.3) is 11.8 Å². The van der Waals surface area contributed by atoms with E-state index in [1.807, 2.05) is 0 Å². The lowest BCUT2D eigenvalue weighted by Crippen LogP contribution is -2.70. The number of amides is 2. The molecule has 9 nitrogen and oxygen atoms in total. The minimum absolute atomic E-state index is 0.00737. The van der Waals surface area contributed by atoms with Gasteiger partial charge in [0, 0.05) is 5.56 Å². The van der Waals surface area contributed by atoms with Crippen LogP contribution in [0.3, 0.4) is 0 Å². The molecule has 2 N–H and O–H groups in total. The van der Waals surface area contributed by atoms with Crippen molar-refractivity contribution in [3.63, 3.8) is 0 Å². The molecule has 13 heteroatoms. The van der Waals surface area contributed by atoms with E-state index in [1.54, 1.807) is 18.2 Å². The van der Waals surface area contributed by atoms with Crippen LogP contribution in [0.2, 0.25) is 10.0 Å². The number of thioether (sulfide) groups is 1. The van der Waals surface area contributed by atoms with E-state index in [1.165, 1.54) is 13.2 Å². The number of carbonyl (C=O) groups is 2. The van der Waals surface area contributed by atoms with E-state index < -0.39 is 33.5 Å². The van der Waals surface area contributed by atoms with Gasteiger partial charge in [0.1, 0.15) is 28.4 Å². The van der Waals surface area contributed by atoms with Gasteiger partial charge in [0.2, 0.25) is 0 Å². The lowest BCUT2D eigenvalue weighted by atomic mass is 10.0. The molecule has 0 unspecified atom stereocenters. The predicted octanol–water partition coefficient (Wildman–Crippen LogP) is 2.39. The molecule has 2 atom stereocenters. The lowest BCUT2D eigenvalue weighted by Gasteiger charge is -2.43. The first-order valence-corrected chi connectivity index (χ1v) is 11.1. The average molecular weight is 466 g/mol. The van der Waals surface area contributed by atoms with Gasteiger partial charge < -0.3 is 9.84 Å². The fraction of sp³-hybridized carbons (Fsp3) is 0.267. The molecule has 0 bridgehead atoms. The van der Waals surface area contributed by atoms with Crippen molar-refractivity contribution in [3.8, 4) is 11.3 Å². The Bertz CT molecular complexity index is 1050. The van der Waals surface area contributed by atoms with E-state index in [-0.39, 0.29) is 32.6 Å². The molecule has 0 spiro atoms. The van der Waals surface area contributed by atoms with Crippen molar-refractivity contribution in [2.45, 2.75) is 18.3 Å². The minimum atomic E-state index is -4.72. The van der Waals surface area contributed by atoms with Crippen LogP contribution in [0.4, 0.5) is 0 Å². The summed E-state index contributed by atoms with van der Waals surface area (Å²) in [5, 5.41) is 5.80. The van der Waals surface area contributed by atoms with Crippen LogP contribution >= 0.6 is 35.0 Å². The highest BCUT2D eigenvalue weighted by Gasteiger charge is 2.54. The molecular weight excluding hydrogens is 453 g/mol. The van der Waals surface area contributed by atoms with Crippen LogP contribution in [0.1, 0.15) is 16.1 Å². The Morgan fingerprint density at radius 2 is 1.96 bits per heavy atom. The Kier molecular flexibility index (Phi) is 5.65. The number of carbonyl (C=O) groups excluding carboxylic acids is 2. The van der Waals surface area contributed by atoms with Crippen molar-refractivity contribution < 1.29 is 27.1 Å². The number of hydrogen-bond acceptors (Lipinski definition) is 7. The maximum absolute atomic E-state index is 12.8. The molecule has 150 valence electrons. The summed E-state index contributed by atoms with van der Waals surface area (Å²) in [7, 11) is -4.72. The number of aromatic nitrogens is 1. The van der Waals surface area contributed by atoms with Gasteiger partial charge in [-0.2, -0.15) is 12.7 Å². The Morgan fingerprint density at radius 1 is 1.36 bits per heavy atom. The van der Waals surface area contributed by atoms with Crippen molar-refractivity contribution in [2.24, 2.45) is 0 Å². The molecular formula is C15H13Cl2N3O6S2. The van der Waals surface area contributed by atoms with Gasteiger partial charge in [-0.3, -0.25) is 14.1 Å². The highest BCUT2D eigenvalue weighted by atomic mass is 35.5. The molecule has 1 aliphatic heterocycles. The van der Waals surface area contributed by atoms with Crippen LogP contribution in [0.5, 0.6) is 0 Å². The molecule has 2 amide bonds. The average Bonchev–Trinajstić information content (AvgIpc) is 2.97. The Hall–Kier alpha value is -1.79. The lowest BCUT2D eigenvalue weighted by molar-refractivity contribution is -0.138. The number of hydrogen-bond donors (Lipinski definition) is 2. The quantitative estimate of drug-likeness (QED) is 0.508. The molecule has 0 radical (unpaired) electrons. The van der Waals surface area contributed by atoms with Crippen LogP contribution in [0.15, 0.2) is 22.7 Å². The predicted molar refractivity (Wildman–Crippen MR) is 104 cm³/mol. The fourth-order valence-corrected chi connectivity index (χ4v) is 5.43. The summed E-state index contributed by atoms with van der Waals surface area (Å²) in [5.74, 6) is -1.53. The number of rotatable bonds is 5. The third kappa shape index (κ3) is 3.48. The second kappa shape index (κ2) is 7.56. The zero-order valence-electron chi connectivity index (χ0n) is 14.3. The Balaban J connectivity index is 1.93. The number of benzene rings is 1. The molecule has 3 rings (SSSR count). The molecule has 28 heavy (non-hydrogen) atoms. The third-order valence-corrected chi connectivity index (χ3v) is 6.70. The number of halogens is 2. The molecule has 1 saturated heterocycles. The van der Waals surface area contributed by atoms with Crippen molar-refractivity contribution in [2.75, 3.05) is 6.26 Å². The number of aryl methyl sites for hydroxylation is 1. The van der Waals surface area contributed by atoms with Gasteiger partial charge in [-0.1, -0.05) is 34.4 Å². The second-order valence-electron chi connectivity index (χ2n) is 5.75. The van der Waals surface area contributed by atoms with E-state index >= 15 is 0 Å². The minimum Gasteiger partial charge on any atom is -0.360 e. The molecule has 2 heterocycles. The van der Waals surface area contributed by atoms with Crippen molar-refractivity contribution in [1.29, 1.82) is 0 Å². The monoisotopic (exact) mass is 465 g/mol. The normalized spacial score (nSPS) is 19.5. The van der Waals surface area contributed by atoms with E-state index in [2.05, 4.69) is 10.5 Å². The maximum Gasteiger partial charge on any atom is 0.363 e. The van der Waals surface area contributed by atoms with Gasteiger partial charge in [-0.25, -0.2) is 0 Å². The molecule has 1 aromatic carbocycles. The molecule has 1 aliphatic rings. The van der Waals surface area contributed by atoms with Crippen LogP contribution in [-0.2, 0) is 15.1 Å². The molecule has 0 aliphatic carbocycles. The van der Waals surface area contributed by atoms with Gasteiger partial charge in [0.15, 0.2) is 0 Å². The first-order valence-electron chi connectivity index (χ1n) is 7.63. The molecule has 0 saturated carbocycles. The van der Waals surface area contributed by atoms with Crippen LogP contribution in [0.25, 0.3) is 11.3 Å². The van der Waals surface area contributed by atoms with Gasteiger partial charge in [-0.15, -0.1) is 11.8 Å². The largest absolute Gasteiger partial charge is 0.363 e. The Labute approximate surface area is 174 Å². The highest BCUT2D eigenvalue weighted by molar-refractivity contribution is 8.00. The summed E-state index contributed by atoms with van der Waals surface area (Å²) in [6, 6.07) is 3.60. The highest BCUT2D eigenvalue weighted by Crippen LogP contribution is 2.37. The second-order valence-corrected chi connectivity index (χ2v) is 8.81. The number of nitrogens with one attached hydrogen (secondary N) is 1. The van der Waals surface area contributed by atoms with Crippen molar-refractivity contribution in [1.82, 2.24) is 14.8 Å². The van der Waals surface area contributed by atoms with Crippen molar-refractivity contribution >= 4 is 57.1 Å². The summed E-state index contributed by atoms with van der Waals surface area (Å²) in [6.07, 6.45) is 1.54. The summed E-state index contributed by atoms with van der Waals surface area (Å²) >= 11 is 13.3. The number of β-lactam (4-membered cyclic amide) rings is 1. The third-order valence-electron chi connectivity index (χ3n) is 4.07. The van der Waals surface area contributed by atoms with E-state index in [0.717, 1.165) is 11.8 Å². The van der Waals surface area contributed by atoms with Crippen LogP contribution in [0, 0.1) is 6.92 Å². The fourth-order valence-electron chi connectivity index (χ4n) is 2.80.